The molecular weight excluding hydrogens is 190 g/mol. The Morgan fingerprint density at radius 1 is 1.27 bits per heavy atom. The summed E-state index contributed by atoms with van der Waals surface area (Å²) in [4.78, 5) is 0. The van der Waals surface area contributed by atoms with Crippen molar-refractivity contribution in [1.82, 2.24) is 0 Å². The van der Waals surface area contributed by atoms with Crippen LogP contribution in [0.5, 0.6) is 11.5 Å². The Bertz CT molecular complexity index is 310. The maximum atomic E-state index is 5.65. The molecule has 0 spiro atoms. The molecule has 0 aliphatic carbocycles. The van der Waals surface area contributed by atoms with Crippen LogP contribution in [0.25, 0.3) is 0 Å². The van der Waals surface area contributed by atoms with Gasteiger partial charge in [-0.1, -0.05) is 19.9 Å². The fourth-order valence-electron chi connectivity index (χ4n) is 1.22. The normalized spacial score (nSPS) is 10.5. The Hall–Kier alpha value is -1.22. The lowest BCUT2D eigenvalue weighted by Gasteiger charge is -2.13. The first-order valence-electron chi connectivity index (χ1n) is 5.17. The number of benzene rings is 1. The molecule has 0 heterocycles. The van der Waals surface area contributed by atoms with E-state index in [1.54, 1.807) is 7.11 Å². The fourth-order valence-corrected chi connectivity index (χ4v) is 1.22. The van der Waals surface area contributed by atoms with Gasteiger partial charge in [0.2, 0.25) is 0 Å². The van der Waals surface area contributed by atoms with Gasteiger partial charge in [0.1, 0.15) is 0 Å². The predicted molar refractivity (Wildman–Crippen MR) is 61.2 cm³/mol. The quantitative estimate of drug-likeness (QED) is 0.808. The van der Waals surface area contributed by atoms with Gasteiger partial charge in [0.05, 0.1) is 13.7 Å². The third kappa shape index (κ3) is 3.44. The van der Waals surface area contributed by atoms with Crippen molar-refractivity contribution >= 4 is 0 Å². The van der Waals surface area contributed by atoms with Crippen molar-refractivity contribution in [2.24, 2.45) is 11.7 Å². The minimum absolute atomic E-state index is 0.497. The average Bonchev–Trinajstić information content (AvgIpc) is 2.25. The number of ether oxygens (including phenoxy) is 2. The summed E-state index contributed by atoms with van der Waals surface area (Å²) in [5, 5.41) is 0. The summed E-state index contributed by atoms with van der Waals surface area (Å²) < 4.78 is 10.9. The molecule has 0 aromatic heterocycles. The highest BCUT2D eigenvalue weighted by Gasteiger charge is 2.05. The molecule has 3 heteroatoms. The van der Waals surface area contributed by atoms with Gasteiger partial charge in [0.15, 0.2) is 11.5 Å². The van der Waals surface area contributed by atoms with Crippen molar-refractivity contribution in [3.05, 3.63) is 23.8 Å². The van der Waals surface area contributed by atoms with E-state index in [4.69, 9.17) is 15.2 Å². The van der Waals surface area contributed by atoms with Gasteiger partial charge in [-0.25, -0.2) is 0 Å². The van der Waals surface area contributed by atoms with Gasteiger partial charge in [0, 0.05) is 6.54 Å². The van der Waals surface area contributed by atoms with Crippen molar-refractivity contribution in [3.8, 4) is 11.5 Å². The average molecular weight is 209 g/mol. The first kappa shape index (κ1) is 11.9. The zero-order chi connectivity index (χ0) is 11.3. The van der Waals surface area contributed by atoms with E-state index in [2.05, 4.69) is 13.8 Å². The molecule has 0 bridgehead atoms. The van der Waals surface area contributed by atoms with Gasteiger partial charge in [-0.15, -0.1) is 0 Å². The van der Waals surface area contributed by atoms with E-state index in [-0.39, 0.29) is 0 Å². The Balaban J connectivity index is 2.81. The number of rotatable bonds is 5. The maximum absolute atomic E-state index is 5.65. The summed E-state index contributed by atoms with van der Waals surface area (Å²) in [5.41, 5.74) is 6.62. The molecule has 1 aromatic carbocycles. The number of nitrogens with two attached hydrogens (primary N) is 1. The number of hydrogen-bond acceptors (Lipinski definition) is 3. The van der Waals surface area contributed by atoms with Crippen LogP contribution < -0.4 is 15.2 Å². The van der Waals surface area contributed by atoms with Gasteiger partial charge in [-0.2, -0.15) is 0 Å². The van der Waals surface area contributed by atoms with E-state index in [1.807, 2.05) is 18.2 Å². The minimum atomic E-state index is 0.497. The van der Waals surface area contributed by atoms with Crippen LogP contribution in [0.3, 0.4) is 0 Å². The molecule has 0 amide bonds. The van der Waals surface area contributed by atoms with Crippen LogP contribution in [0.2, 0.25) is 0 Å². The Morgan fingerprint density at radius 2 is 2.00 bits per heavy atom. The predicted octanol–water partition coefficient (Wildman–Crippen LogP) is 2.19. The van der Waals surface area contributed by atoms with E-state index in [0.29, 0.717) is 19.1 Å². The van der Waals surface area contributed by atoms with Crippen LogP contribution in [0.4, 0.5) is 0 Å². The van der Waals surface area contributed by atoms with Gasteiger partial charge >= 0.3 is 0 Å². The Labute approximate surface area is 91.2 Å². The van der Waals surface area contributed by atoms with Crippen LogP contribution in [-0.2, 0) is 6.54 Å². The van der Waals surface area contributed by atoms with Crippen molar-refractivity contribution in [2.75, 3.05) is 13.7 Å². The molecule has 0 fully saturated rings. The molecule has 0 saturated carbocycles. The molecule has 2 N–H and O–H groups in total. The Morgan fingerprint density at radius 3 is 2.53 bits per heavy atom. The van der Waals surface area contributed by atoms with Crippen LogP contribution in [0.15, 0.2) is 18.2 Å². The first-order chi connectivity index (χ1) is 7.17. The second-order valence-corrected chi connectivity index (χ2v) is 3.89. The highest BCUT2D eigenvalue weighted by Crippen LogP contribution is 2.28. The zero-order valence-corrected chi connectivity index (χ0v) is 9.62. The topological polar surface area (TPSA) is 44.5 Å². The number of methoxy groups -OCH3 is 1. The molecule has 0 unspecified atom stereocenters. The Kier molecular flexibility index (Phi) is 4.43. The standard InChI is InChI=1S/C12H19NO2/c1-9(2)8-15-12-6-10(7-13)4-5-11(12)14-3/h4-6,9H,7-8,13H2,1-3H3. The second kappa shape index (κ2) is 5.61. The molecule has 0 aliphatic heterocycles. The van der Waals surface area contributed by atoms with Crippen molar-refractivity contribution in [1.29, 1.82) is 0 Å². The van der Waals surface area contributed by atoms with Crippen LogP contribution >= 0.6 is 0 Å². The lowest BCUT2D eigenvalue weighted by Crippen LogP contribution is -2.06. The first-order valence-corrected chi connectivity index (χ1v) is 5.17. The number of hydrogen-bond donors (Lipinski definition) is 1. The summed E-state index contributed by atoms with van der Waals surface area (Å²) in [6.07, 6.45) is 0. The molecular formula is C12H19NO2. The molecule has 1 rings (SSSR count). The monoisotopic (exact) mass is 209 g/mol. The summed E-state index contributed by atoms with van der Waals surface area (Å²) in [6.45, 7) is 5.42. The summed E-state index contributed by atoms with van der Waals surface area (Å²) >= 11 is 0. The molecule has 0 atom stereocenters. The van der Waals surface area contributed by atoms with Crippen molar-refractivity contribution in [2.45, 2.75) is 20.4 Å². The highest BCUT2D eigenvalue weighted by molar-refractivity contribution is 5.42. The molecule has 15 heavy (non-hydrogen) atoms. The molecule has 84 valence electrons. The molecule has 0 aliphatic rings. The lowest BCUT2D eigenvalue weighted by atomic mass is 10.2. The maximum Gasteiger partial charge on any atom is 0.161 e. The van der Waals surface area contributed by atoms with E-state index >= 15 is 0 Å². The molecule has 3 nitrogen and oxygen atoms in total. The summed E-state index contributed by atoms with van der Waals surface area (Å²) in [5.74, 6) is 2.03. The van der Waals surface area contributed by atoms with Gasteiger partial charge in [-0.05, 0) is 23.6 Å². The summed E-state index contributed by atoms with van der Waals surface area (Å²) in [7, 11) is 1.64. The third-order valence-electron chi connectivity index (χ3n) is 2.04. The highest BCUT2D eigenvalue weighted by atomic mass is 16.5. The van der Waals surface area contributed by atoms with Crippen molar-refractivity contribution in [3.63, 3.8) is 0 Å². The van der Waals surface area contributed by atoms with E-state index in [0.717, 1.165) is 17.1 Å². The van der Waals surface area contributed by atoms with Gasteiger partial charge in [-0.3, -0.25) is 0 Å². The lowest BCUT2D eigenvalue weighted by molar-refractivity contribution is 0.256. The second-order valence-electron chi connectivity index (χ2n) is 3.89. The molecule has 1 aromatic rings. The summed E-state index contributed by atoms with van der Waals surface area (Å²) in [6, 6.07) is 5.76. The fraction of sp³-hybridized carbons (Fsp3) is 0.500. The largest absolute Gasteiger partial charge is 0.493 e. The zero-order valence-electron chi connectivity index (χ0n) is 9.62. The third-order valence-corrected chi connectivity index (χ3v) is 2.04. The van der Waals surface area contributed by atoms with E-state index in [1.165, 1.54) is 0 Å². The molecule has 0 saturated heterocycles. The van der Waals surface area contributed by atoms with Gasteiger partial charge in [0.25, 0.3) is 0 Å². The van der Waals surface area contributed by atoms with Crippen LogP contribution in [0.1, 0.15) is 19.4 Å². The van der Waals surface area contributed by atoms with E-state index < -0.39 is 0 Å². The van der Waals surface area contributed by atoms with Gasteiger partial charge < -0.3 is 15.2 Å². The molecule has 0 radical (unpaired) electrons. The smallest absolute Gasteiger partial charge is 0.161 e. The van der Waals surface area contributed by atoms with Crippen molar-refractivity contribution < 1.29 is 9.47 Å². The van der Waals surface area contributed by atoms with E-state index in [9.17, 15) is 0 Å². The van der Waals surface area contributed by atoms with Crippen LogP contribution in [0, 0.1) is 5.92 Å². The SMILES string of the molecule is COc1ccc(CN)cc1OCC(C)C. The minimum Gasteiger partial charge on any atom is -0.493 e. The van der Waals surface area contributed by atoms with Crippen LogP contribution in [-0.4, -0.2) is 13.7 Å².